The summed E-state index contributed by atoms with van der Waals surface area (Å²) in [6.07, 6.45) is 0.581. The lowest BCUT2D eigenvalue weighted by Gasteiger charge is -2.25. The maximum atomic E-state index is 13.3. The Bertz CT molecular complexity index is 461. The van der Waals surface area contributed by atoms with Crippen LogP contribution < -0.4 is 5.32 Å². The van der Waals surface area contributed by atoms with E-state index in [-0.39, 0.29) is 16.6 Å². The molecule has 5 heteroatoms. The van der Waals surface area contributed by atoms with Crippen LogP contribution in [0.25, 0.3) is 0 Å². The normalized spacial score (nSPS) is 14.3. The monoisotopic (exact) mass is 331 g/mol. The fourth-order valence-corrected chi connectivity index (χ4v) is 2.44. The third-order valence-electron chi connectivity index (χ3n) is 2.67. The van der Waals surface area contributed by atoms with Crippen molar-refractivity contribution in [1.82, 2.24) is 5.32 Å². The number of halogens is 2. The lowest BCUT2D eigenvalue weighted by atomic mass is 9.94. The molecule has 0 fully saturated rings. The molecule has 0 aliphatic heterocycles. The zero-order chi connectivity index (χ0) is 14.6. The van der Waals surface area contributed by atoms with Gasteiger partial charge in [-0.05, 0) is 47.3 Å². The molecule has 0 aliphatic rings. The molecule has 1 rings (SSSR count). The Labute approximate surface area is 121 Å². The van der Waals surface area contributed by atoms with Crippen LogP contribution in [0.2, 0.25) is 0 Å². The summed E-state index contributed by atoms with van der Waals surface area (Å²) in [6, 6.07) is 4.27. The van der Waals surface area contributed by atoms with Crippen molar-refractivity contribution < 1.29 is 14.3 Å². The summed E-state index contributed by atoms with van der Waals surface area (Å²) in [5.41, 5.74) is -0.746. The van der Waals surface area contributed by atoms with E-state index in [9.17, 15) is 14.3 Å². The Morgan fingerprint density at radius 1 is 1.53 bits per heavy atom. The quantitative estimate of drug-likeness (QED) is 0.870. The molecule has 0 bridgehead atoms. The molecule has 1 atom stereocenters. The van der Waals surface area contributed by atoms with Gasteiger partial charge in [-0.2, -0.15) is 0 Å². The molecule has 1 aromatic carbocycles. The van der Waals surface area contributed by atoms with Gasteiger partial charge in [-0.25, -0.2) is 4.39 Å². The Hall–Kier alpha value is -0.940. The van der Waals surface area contributed by atoms with Gasteiger partial charge in [-0.3, -0.25) is 4.79 Å². The highest BCUT2D eigenvalue weighted by Crippen LogP contribution is 2.21. The third-order valence-corrected chi connectivity index (χ3v) is 3.48. The number of benzene rings is 1. The zero-order valence-electron chi connectivity index (χ0n) is 11.3. The van der Waals surface area contributed by atoms with E-state index < -0.39 is 17.3 Å². The molecule has 0 radical (unpaired) electrons. The second-order valence-electron chi connectivity index (χ2n) is 5.38. The van der Waals surface area contributed by atoms with Crippen LogP contribution in [0.4, 0.5) is 4.39 Å². The number of carbonyl (C=O) groups is 1. The van der Waals surface area contributed by atoms with Crippen molar-refractivity contribution in [3.63, 3.8) is 0 Å². The van der Waals surface area contributed by atoms with Gasteiger partial charge in [0.2, 0.25) is 0 Å². The van der Waals surface area contributed by atoms with Gasteiger partial charge in [-0.1, -0.05) is 19.9 Å². The maximum absolute atomic E-state index is 13.3. The van der Waals surface area contributed by atoms with Crippen molar-refractivity contribution in [3.05, 3.63) is 34.1 Å². The van der Waals surface area contributed by atoms with Crippen molar-refractivity contribution in [3.8, 4) is 0 Å². The Morgan fingerprint density at radius 2 is 2.16 bits per heavy atom. The lowest BCUT2D eigenvalue weighted by Crippen LogP contribution is -2.41. The van der Waals surface area contributed by atoms with Crippen LogP contribution >= 0.6 is 15.9 Å². The van der Waals surface area contributed by atoms with Gasteiger partial charge in [0.25, 0.3) is 5.91 Å². The van der Waals surface area contributed by atoms with E-state index in [1.54, 1.807) is 6.92 Å². The summed E-state index contributed by atoms with van der Waals surface area (Å²) in [4.78, 5) is 11.9. The molecule has 0 saturated heterocycles. The van der Waals surface area contributed by atoms with E-state index in [0.29, 0.717) is 12.3 Å². The standard InChI is InChI=1S/C14H19BrFNO2/c1-9(2)7-14(3,19)8-17-13(18)10-5-4-6-11(16)12(10)15/h4-6,9,19H,7-8H2,1-3H3,(H,17,18). The average molecular weight is 332 g/mol. The summed E-state index contributed by atoms with van der Waals surface area (Å²) >= 11 is 3.04. The summed E-state index contributed by atoms with van der Waals surface area (Å²) in [7, 11) is 0. The highest BCUT2D eigenvalue weighted by Gasteiger charge is 2.23. The minimum atomic E-state index is -0.969. The summed E-state index contributed by atoms with van der Waals surface area (Å²) in [5.74, 6) is -0.565. The summed E-state index contributed by atoms with van der Waals surface area (Å²) < 4.78 is 13.4. The van der Waals surface area contributed by atoms with Crippen LogP contribution in [0.5, 0.6) is 0 Å². The number of hydrogen-bond acceptors (Lipinski definition) is 2. The number of amides is 1. The number of rotatable bonds is 5. The van der Waals surface area contributed by atoms with Crippen LogP contribution in [0.15, 0.2) is 22.7 Å². The van der Waals surface area contributed by atoms with Crippen LogP contribution in [-0.2, 0) is 0 Å². The minimum absolute atomic E-state index is 0.132. The molecule has 0 aromatic heterocycles. The molecule has 1 unspecified atom stereocenters. The average Bonchev–Trinajstić information content (AvgIpc) is 2.28. The lowest BCUT2D eigenvalue weighted by molar-refractivity contribution is 0.0368. The van der Waals surface area contributed by atoms with Gasteiger partial charge >= 0.3 is 0 Å². The van der Waals surface area contributed by atoms with E-state index >= 15 is 0 Å². The molecule has 0 saturated carbocycles. The first-order chi connectivity index (χ1) is 8.73. The van der Waals surface area contributed by atoms with E-state index in [0.717, 1.165) is 0 Å². The molecular weight excluding hydrogens is 313 g/mol. The Balaban J connectivity index is 2.68. The molecule has 1 amide bonds. The number of aliphatic hydroxyl groups is 1. The number of hydrogen-bond donors (Lipinski definition) is 2. The second-order valence-corrected chi connectivity index (χ2v) is 6.17. The van der Waals surface area contributed by atoms with Gasteiger partial charge in [0, 0.05) is 6.54 Å². The van der Waals surface area contributed by atoms with Gasteiger partial charge in [0.15, 0.2) is 0 Å². The topological polar surface area (TPSA) is 49.3 Å². The first-order valence-electron chi connectivity index (χ1n) is 6.17. The van der Waals surface area contributed by atoms with Gasteiger partial charge < -0.3 is 10.4 Å². The largest absolute Gasteiger partial charge is 0.388 e. The van der Waals surface area contributed by atoms with Crippen molar-refractivity contribution in [2.24, 2.45) is 5.92 Å². The molecule has 3 nitrogen and oxygen atoms in total. The number of carbonyl (C=O) groups excluding carboxylic acids is 1. The fraction of sp³-hybridized carbons (Fsp3) is 0.500. The van der Waals surface area contributed by atoms with Crippen molar-refractivity contribution >= 4 is 21.8 Å². The molecule has 106 valence electrons. The highest BCUT2D eigenvalue weighted by molar-refractivity contribution is 9.10. The number of nitrogens with one attached hydrogen (secondary N) is 1. The first kappa shape index (κ1) is 16.1. The molecule has 0 aliphatic carbocycles. The van der Waals surface area contributed by atoms with Crippen LogP contribution in [0.1, 0.15) is 37.6 Å². The molecule has 0 spiro atoms. The Morgan fingerprint density at radius 3 is 2.74 bits per heavy atom. The summed E-state index contributed by atoms with van der Waals surface area (Å²) in [5, 5.41) is 12.7. The van der Waals surface area contributed by atoms with E-state index in [1.165, 1.54) is 18.2 Å². The predicted molar refractivity (Wildman–Crippen MR) is 76.5 cm³/mol. The predicted octanol–water partition coefficient (Wildman–Crippen LogP) is 3.12. The fourth-order valence-electron chi connectivity index (χ4n) is 2.00. The SMILES string of the molecule is CC(C)CC(C)(O)CNC(=O)c1cccc(F)c1Br. The molecule has 0 heterocycles. The van der Waals surface area contributed by atoms with E-state index in [1.807, 2.05) is 13.8 Å². The Kier molecular flexibility index (Phi) is 5.50. The van der Waals surface area contributed by atoms with Crippen molar-refractivity contribution in [2.45, 2.75) is 32.8 Å². The van der Waals surface area contributed by atoms with Crippen LogP contribution in [-0.4, -0.2) is 23.2 Å². The smallest absolute Gasteiger partial charge is 0.252 e. The van der Waals surface area contributed by atoms with E-state index in [2.05, 4.69) is 21.2 Å². The van der Waals surface area contributed by atoms with Gasteiger partial charge in [-0.15, -0.1) is 0 Å². The third kappa shape index (κ3) is 4.91. The van der Waals surface area contributed by atoms with Gasteiger partial charge in [0.05, 0.1) is 15.6 Å². The molecular formula is C14H19BrFNO2. The second kappa shape index (κ2) is 6.48. The molecule has 2 N–H and O–H groups in total. The van der Waals surface area contributed by atoms with Crippen molar-refractivity contribution in [2.75, 3.05) is 6.54 Å². The van der Waals surface area contributed by atoms with E-state index in [4.69, 9.17) is 0 Å². The molecule has 19 heavy (non-hydrogen) atoms. The van der Waals surface area contributed by atoms with Crippen LogP contribution in [0.3, 0.4) is 0 Å². The minimum Gasteiger partial charge on any atom is -0.388 e. The van der Waals surface area contributed by atoms with Crippen LogP contribution in [0, 0.1) is 11.7 Å². The first-order valence-corrected chi connectivity index (χ1v) is 6.97. The van der Waals surface area contributed by atoms with Gasteiger partial charge in [0.1, 0.15) is 5.82 Å². The summed E-state index contributed by atoms with van der Waals surface area (Å²) in [6.45, 7) is 5.81. The highest BCUT2D eigenvalue weighted by atomic mass is 79.9. The maximum Gasteiger partial charge on any atom is 0.252 e. The zero-order valence-corrected chi connectivity index (χ0v) is 12.9. The van der Waals surface area contributed by atoms with Crippen molar-refractivity contribution in [1.29, 1.82) is 0 Å². The molecule has 1 aromatic rings.